The van der Waals surface area contributed by atoms with E-state index >= 15 is 0 Å². The number of halogens is 1. The highest BCUT2D eigenvalue weighted by atomic mass is 79.9. The largest absolute Gasteiger partial charge is 0.294 e. The minimum absolute atomic E-state index is 0.0731. The maximum absolute atomic E-state index is 12.4. The molecule has 0 aromatic heterocycles. The van der Waals surface area contributed by atoms with Crippen LogP contribution < -0.4 is 0 Å². The van der Waals surface area contributed by atoms with E-state index in [4.69, 9.17) is 0 Å². The van der Waals surface area contributed by atoms with Gasteiger partial charge in [0.25, 0.3) is 0 Å². The summed E-state index contributed by atoms with van der Waals surface area (Å²) in [5.74, 6) is 0.192. The molecule has 3 heteroatoms. The fourth-order valence-corrected chi connectivity index (χ4v) is 2.49. The van der Waals surface area contributed by atoms with Gasteiger partial charge >= 0.3 is 0 Å². The molecule has 1 unspecified atom stereocenters. The molecule has 2 nitrogen and oxygen atoms in total. The Hall–Kier alpha value is -0.670. The lowest BCUT2D eigenvalue weighted by Crippen LogP contribution is -2.42. The van der Waals surface area contributed by atoms with Crippen molar-refractivity contribution in [2.45, 2.75) is 45.7 Å². The van der Waals surface area contributed by atoms with E-state index in [1.165, 1.54) is 0 Å². The van der Waals surface area contributed by atoms with Crippen LogP contribution in [0.3, 0.4) is 0 Å². The minimum atomic E-state index is -0.0731. The fraction of sp³-hybridized carbons (Fsp3) is 0.533. The van der Waals surface area contributed by atoms with E-state index in [-0.39, 0.29) is 11.8 Å². The number of carbonyl (C=O) groups is 1. The number of rotatable bonds is 6. The predicted molar refractivity (Wildman–Crippen MR) is 80.1 cm³/mol. The van der Waals surface area contributed by atoms with Crippen molar-refractivity contribution in [3.8, 4) is 0 Å². The van der Waals surface area contributed by atoms with E-state index in [1.807, 2.05) is 38.2 Å². The minimum Gasteiger partial charge on any atom is -0.294 e. The number of ketones is 1. The summed E-state index contributed by atoms with van der Waals surface area (Å²) in [6.45, 7) is 6.33. The molecule has 1 aromatic carbocycles. The summed E-state index contributed by atoms with van der Waals surface area (Å²) in [5.41, 5.74) is 0.781. The molecule has 0 saturated carbocycles. The van der Waals surface area contributed by atoms with Crippen molar-refractivity contribution in [2.75, 3.05) is 7.05 Å². The van der Waals surface area contributed by atoms with Gasteiger partial charge in [-0.2, -0.15) is 0 Å². The normalized spacial score (nSPS) is 13.1. The molecule has 0 aliphatic heterocycles. The van der Waals surface area contributed by atoms with Crippen LogP contribution in [-0.2, 0) is 0 Å². The number of nitrogens with zero attached hydrogens (tertiary/aromatic N) is 1. The summed E-state index contributed by atoms with van der Waals surface area (Å²) in [7, 11) is 2.04. The molecule has 0 aliphatic carbocycles. The summed E-state index contributed by atoms with van der Waals surface area (Å²) in [5, 5.41) is 0. The van der Waals surface area contributed by atoms with Gasteiger partial charge in [0, 0.05) is 16.1 Å². The van der Waals surface area contributed by atoms with E-state index in [0.29, 0.717) is 6.04 Å². The topological polar surface area (TPSA) is 20.3 Å². The van der Waals surface area contributed by atoms with Crippen molar-refractivity contribution in [2.24, 2.45) is 0 Å². The molecule has 100 valence electrons. The molecule has 0 bridgehead atoms. The summed E-state index contributed by atoms with van der Waals surface area (Å²) >= 11 is 3.38. The zero-order valence-corrected chi connectivity index (χ0v) is 13.2. The number of hydrogen-bond acceptors (Lipinski definition) is 2. The maximum atomic E-state index is 12.4. The highest BCUT2D eigenvalue weighted by Crippen LogP contribution is 2.16. The van der Waals surface area contributed by atoms with Crippen molar-refractivity contribution in [1.29, 1.82) is 0 Å². The third-order valence-corrected chi connectivity index (χ3v) is 4.17. The molecule has 0 aliphatic rings. The molecule has 1 atom stereocenters. The number of Topliss-reactive ketones (excluding diaryl/α,β-unsaturated/α-hetero) is 1. The van der Waals surface area contributed by atoms with E-state index < -0.39 is 0 Å². The fourth-order valence-electron chi connectivity index (χ4n) is 2.22. The van der Waals surface area contributed by atoms with Gasteiger partial charge in [-0.15, -0.1) is 0 Å². The SMILES string of the molecule is CCC(CC)N(C)C(C)C(=O)c1ccc(Br)cc1. The van der Waals surface area contributed by atoms with Gasteiger partial charge in [0.15, 0.2) is 5.78 Å². The lowest BCUT2D eigenvalue weighted by atomic mass is 10.0. The van der Waals surface area contributed by atoms with Gasteiger partial charge in [-0.1, -0.05) is 41.9 Å². The molecule has 0 fully saturated rings. The van der Waals surface area contributed by atoms with Gasteiger partial charge < -0.3 is 0 Å². The van der Waals surface area contributed by atoms with Crippen LogP contribution >= 0.6 is 15.9 Å². The molecule has 0 amide bonds. The van der Waals surface area contributed by atoms with Crippen LogP contribution in [0.4, 0.5) is 0 Å². The number of carbonyl (C=O) groups excluding carboxylic acids is 1. The average molecular weight is 312 g/mol. The quantitative estimate of drug-likeness (QED) is 0.736. The highest BCUT2D eigenvalue weighted by Gasteiger charge is 2.23. The van der Waals surface area contributed by atoms with Gasteiger partial charge in [-0.3, -0.25) is 9.69 Å². The molecule has 0 spiro atoms. The summed E-state index contributed by atoms with van der Waals surface area (Å²) in [4.78, 5) is 14.6. The van der Waals surface area contributed by atoms with Crippen LogP contribution in [0.1, 0.15) is 44.0 Å². The molecule has 0 radical (unpaired) electrons. The predicted octanol–water partition coefficient (Wildman–Crippen LogP) is 4.14. The second-order valence-corrected chi connectivity index (χ2v) is 5.60. The first-order valence-corrected chi connectivity index (χ1v) is 7.32. The van der Waals surface area contributed by atoms with Crippen molar-refractivity contribution < 1.29 is 4.79 Å². The average Bonchev–Trinajstić information content (AvgIpc) is 2.39. The Morgan fingerprint density at radius 3 is 2.17 bits per heavy atom. The first-order valence-electron chi connectivity index (χ1n) is 6.52. The van der Waals surface area contributed by atoms with Gasteiger partial charge in [-0.25, -0.2) is 0 Å². The third-order valence-electron chi connectivity index (χ3n) is 3.64. The molecule has 0 heterocycles. The smallest absolute Gasteiger partial charge is 0.179 e. The van der Waals surface area contributed by atoms with Crippen LogP contribution in [-0.4, -0.2) is 29.8 Å². The standard InChI is InChI=1S/C15H22BrNO/c1-5-14(6-2)17(4)11(3)15(18)12-7-9-13(16)10-8-12/h7-11,14H,5-6H2,1-4H3. The van der Waals surface area contributed by atoms with E-state index in [2.05, 4.69) is 34.7 Å². The van der Waals surface area contributed by atoms with Gasteiger partial charge in [-0.05, 0) is 38.9 Å². The number of benzene rings is 1. The Kier molecular flexibility index (Phi) is 6.03. The van der Waals surface area contributed by atoms with Gasteiger partial charge in [0.1, 0.15) is 0 Å². The summed E-state index contributed by atoms with van der Waals surface area (Å²) in [6.07, 6.45) is 2.15. The molecule has 1 rings (SSSR count). The number of hydrogen-bond donors (Lipinski definition) is 0. The van der Waals surface area contributed by atoms with Gasteiger partial charge in [0.05, 0.1) is 6.04 Å². The lowest BCUT2D eigenvalue weighted by Gasteiger charge is -2.31. The van der Waals surface area contributed by atoms with Gasteiger partial charge in [0.2, 0.25) is 0 Å². The molecular formula is C15H22BrNO. The van der Waals surface area contributed by atoms with Crippen molar-refractivity contribution in [1.82, 2.24) is 4.90 Å². The summed E-state index contributed by atoms with van der Waals surface area (Å²) in [6, 6.07) is 7.98. The molecular weight excluding hydrogens is 290 g/mol. The Morgan fingerprint density at radius 1 is 1.22 bits per heavy atom. The second-order valence-electron chi connectivity index (χ2n) is 4.68. The van der Waals surface area contributed by atoms with E-state index in [9.17, 15) is 4.79 Å². The first kappa shape index (κ1) is 15.4. The van der Waals surface area contributed by atoms with E-state index in [0.717, 1.165) is 22.9 Å². The molecule has 18 heavy (non-hydrogen) atoms. The maximum Gasteiger partial charge on any atom is 0.179 e. The highest BCUT2D eigenvalue weighted by molar-refractivity contribution is 9.10. The third kappa shape index (κ3) is 3.66. The monoisotopic (exact) mass is 311 g/mol. The Bertz CT molecular complexity index is 384. The molecule has 0 saturated heterocycles. The zero-order valence-electron chi connectivity index (χ0n) is 11.6. The van der Waals surface area contributed by atoms with Crippen molar-refractivity contribution >= 4 is 21.7 Å². The van der Waals surface area contributed by atoms with Crippen LogP contribution in [0.2, 0.25) is 0 Å². The van der Waals surface area contributed by atoms with Crippen molar-refractivity contribution in [3.63, 3.8) is 0 Å². The lowest BCUT2D eigenvalue weighted by molar-refractivity contribution is 0.0808. The Balaban J connectivity index is 2.80. The Labute approximate surface area is 119 Å². The van der Waals surface area contributed by atoms with Crippen LogP contribution in [0, 0.1) is 0 Å². The van der Waals surface area contributed by atoms with E-state index in [1.54, 1.807) is 0 Å². The van der Waals surface area contributed by atoms with Crippen LogP contribution in [0.25, 0.3) is 0 Å². The number of likely N-dealkylation sites (N-methyl/N-ethyl adjacent to an activating group) is 1. The Morgan fingerprint density at radius 2 is 1.72 bits per heavy atom. The first-order chi connectivity index (χ1) is 8.51. The molecule has 0 N–H and O–H groups in total. The summed E-state index contributed by atoms with van der Waals surface area (Å²) < 4.78 is 1.00. The van der Waals surface area contributed by atoms with Crippen LogP contribution in [0.5, 0.6) is 0 Å². The second kappa shape index (κ2) is 7.05. The van der Waals surface area contributed by atoms with Crippen molar-refractivity contribution in [3.05, 3.63) is 34.3 Å². The van der Waals surface area contributed by atoms with Crippen LogP contribution in [0.15, 0.2) is 28.7 Å². The molecule has 1 aromatic rings. The zero-order chi connectivity index (χ0) is 13.7.